The van der Waals surface area contributed by atoms with Crippen molar-refractivity contribution in [2.75, 3.05) is 0 Å². The zero-order valence-electron chi connectivity index (χ0n) is 17.4. The summed E-state index contributed by atoms with van der Waals surface area (Å²) in [6.07, 6.45) is 6.85. The minimum Gasteiger partial charge on any atom is -0.312 e. The Balaban J connectivity index is 0.000000190. The van der Waals surface area contributed by atoms with E-state index in [2.05, 4.69) is 65.1 Å². The normalized spacial score (nSPS) is 10.3. The van der Waals surface area contributed by atoms with Gasteiger partial charge in [-0.3, -0.25) is 4.79 Å². The Morgan fingerprint density at radius 1 is 0.722 bits per heavy atom. The summed E-state index contributed by atoms with van der Waals surface area (Å²) in [6.45, 7) is 0. The molecule has 6 rings (SSSR count). The van der Waals surface area contributed by atoms with Gasteiger partial charge in [0.1, 0.15) is 11.5 Å². The molecule has 4 heterocycles. The number of rotatable bonds is 2. The molecule has 0 fully saturated rings. The van der Waals surface area contributed by atoms with Crippen LogP contribution in [-0.4, -0.2) is 29.1 Å². The van der Waals surface area contributed by atoms with Crippen LogP contribution < -0.4 is 5.56 Å². The molecule has 36 heavy (non-hydrogen) atoms. The van der Waals surface area contributed by atoms with Crippen molar-refractivity contribution in [2.24, 2.45) is 0 Å². The Hall–Kier alpha value is -2.77. The number of nitrogens with zero attached hydrogens (tertiary/aromatic N) is 5. The topological polar surface area (TPSA) is 81.4 Å². The van der Waals surface area contributed by atoms with Crippen LogP contribution in [-0.2, 0) is 0 Å². The third-order valence-electron chi connectivity index (χ3n) is 5.10. The van der Waals surface area contributed by atoms with Crippen molar-refractivity contribution < 1.29 is 0 Å². The molecule has 0 spiro atoms. The van der Waals surface area contributed by atoms with E-state index in [-0.39, 0.29) is 20.4 Å². The van der Waals surface area contributed by atoms with E-state index in [0.29, 0.717) is 16.2 Å². The highest BCUT2D eigenvalue weighted by Gasteiger charge is 2.13. The minimum absolute atomic E-state index is 0. The van der Waals surface area contributed by atoms with Gasteiger partial charge < -0.3 is 14.1 Å². The molecule has 1 N–H and O–H groups in total. The lowest BCUT2D eigenvalue weighted by molar-refractivity contribution is 1.07. The van der Waals surface area contributed by atoms with Crippen molar-refractivity contribution in [1.82, 2.24) is 29.1 Å². The van der Waals surface area contributed by atoms with E-state index in [1.54, 1.807) is 0 Å². The third kappa shape index (κ3) is 5.32. The first-order valence-corrected chi connectivity index (χ1v) is 12.6. The van der Waals surface area contributed by atoms with E-state index in [9.17, 15) is 4.79 Å². The summed E-state index contributed by atoms with van der Waals surface area (Å²) < 4.78 is 5.89. The maximum absolute atomic E-state index is 11.7. The number of halogens is 3. The number of fused-ring (bicyclic) bond motifs is 2. The molecule has 7 nitrogen and oxygen atoms in total. The molecular weight excluding hydrogens is 702 g/mol. The molecule has 0 saturated carbocycles. The zero-order chi connectivity index (χ0) is 23.7. The minimum atomic E-state index is -0.103. The van der Waals surface area contributed by atoms with Gasteiger partial charge in [0.05, 0.1) is 17.1 Å². The number of aromatic nitrogens is 6. The number of hydrogen-bond donors (Lipinski definition) is 1. The van der Waals surface area contributed by atoms with Crippen LogP contribution in [0.4, 0.5) is 0 Å². The Morgan fingerprint density at radius 2 is 1.22 bits per heavy atom. The van der Waals surface area contributed by atoms with Gasteiger partial charge in [0, 0.05) is 30.9 Å². The largest absolute Gasteiger partial charge is 0.312 e. The van der Waals surface area contributed by atoms with E-state index in [4.69, 9.17) is 11.6 Å². The molecule has 0 unspecified atom stereocenters. The summed E-state index contributed by atoms with van der Waals surface area (Å²) in [5.41, 5.74) is 3.48. The SMILES string of the molecule is C.C.Clc1ncnc2c1c(I)cn2-c1ccccc1.O=c1[nH]cnc2c1c(I)cn2-c1ccccc1. The Kier molecular flexibility index (Phi) is 9.25. The highest BCUT2D eigenvalue weighted by molar-refractivity contribution is 14.1. The first-order valence-electron chi connectivity index (χ1n) is 10.1. The maximum atomic E-state index is 11.7. The molecule has 0 amide bonds. The average Bonchev–Trinajstić information content (AvgIpc) is 3.39. The monoisotopic (exact) mass is 724 g/mol. The Morgan fingerprint density at radius 3 is 1.78 bits per heavy atom. The van der Waals surface area contributed by atoms with Gasteiger partial charge in [0.15, 0.2) is 11.3 Å². The highest BCUT2D eigenvalue weighted by Crippen LogP contribution is 2.28. The smallest absolute Gasteiger partial charge is 0.261 e. The molecule has 184 valence electrons. The van der Waals surface area contributed by atoms with E-state index < -0.39 is 0 Å². The van der Waals surface area contributed by atoms with E-state index in [1.807, 2.05) is 82.2 Å². The first-order chi connectivity index (χ1) is 16.5. The summed E-state index contributed by atoms with van der Waals surface area (Å²) in [7, 11) is 0. The molecule has 0 radical (unpaired) electrons. The van der Waals surface area contributed by atoms with Crippen LogP contribution in [0.15, 0.2) is 90.5 Å². The van der Waals surface area contributed by atoms with Crippen LogP contribution in [0.1, 0.15) is 14.9 Å². The first kappa shape index (κ1) is 27.8. The molecular formula is C26H23ClI2N6O. The highest BCUT2D eigenvalue weighted by atomic mass is 127. The second kappa shape index (κ2) is 12.0. The fraction of sp³-hybridized carbons (Fsp3) is 0.0769. The maximum Gasteiger partial charge on any atom is 0.261 e. The lowest BCUT2D eigenvalue weighted by Gasteiger charge is -2.03. The van der Waals surface area contributed by atoms with Gasteiger partial charge in [-0.05, 0) is 69.4 Å². The number of benzene rings is 2. The average molecular weight is 725 g/mol. The van der Waals surface area contributed by atoms with E-state index in [0.717, 1.165) is 29.5 Å². The van der Waals surface area contributed by atoms with E-state index >= 15 is 0 Å². The van der Waals surface area contributed by atoms with Crippen LogP contribution in [0.5, 0.6) is 0 Å². The second-order valence-corrected chi connectivity index (χ2v) is 9.84. The quantitative estimate of drug-likeness (QED) is 0.151. The van der Waals surface area contributed by atoms with Crippen molar-refractivity contribution in [3.63, 3.8) is 0 Å². The summed E-state index contributed by atoms with van der Waals surface area (Å²) >= 11 is 10.5. The van der Waals surface area contributed by atoms with Crippen molar-refractivity contribution >= 4 is 78.8 Å². The summed E-state index contributed by atoms with van der Waals surface area (Å²) in [4.78, 5) is 26.9. The lowest BCUT2D eigenvalue weighted by Crippen LogP contribution is -2.07. The number of nitrogens with one attached hydrogen (secondary N) is 1. The lowest BCUT2D eigenvalue weighted by atomic mass is 10.3. The fourth-order valence-electron chi connectivity index (χ4n) is 3.58. The Labute approximate surface area is 240 Å². The number of H-pyrrole nitrogens is 1. The van der Waals surface area contributed by atoms with Crippen LogP contribution in [0.2, 0.25) is 5.15 Å². The fourth-order valence-corrected chi connectivity index (χ4v) is 5.51. The molecule has 2 aromatic carbocycles. The molecule has 0 aliphatic rings. The number of para-hydroxylation sites is 2. The van der Waals surface area contributed by atoms with Crippen LogP contribution in [0.25, 0.3) is 33.4 Å². The van der Waals surface area contributed by atoms with Gasteiger partial charge in [0.2, 0.25) is 0 Å². The van der Waals surface area contributed by atoms with Gasteiger partial charge in [0.25, 0.3) is 5.56 Å². The molecule has 0 bridgehead atoms. The molecule has 0 aliphatic carbocycles. The van der Waals surface area contributed by atoms with Crippen LogP contribution >= 0.6 is 56.8 Å². The molecule has 6 aromatic rings. The van der Waals surface area contributed by atoms with Crippen LogP contribution in [0.3, 0.4) is 0 Å². The van der Waals surface area contributed by atoms with Crippen molar-refractivity contribution in [3.8, 4) is 11.4 Å². The van der Waals surface area contributed by atoms with Crippen molar-refractivity contribution in [2.45, 2.75) is 14.9 Å². The van der Waals surface area contributed by atoms with Gasteiger partial charge in [-0.2, -0.15) is 0 Å². The molecule has 0 atom stereocenters. The zero-order valence-corrected chi connectivity index (χ0v) is 22.4. The molecule has 0 aliphatic heterocycles. The number of hydrogen-bond acceptors (Lipinski definition) is 4. The molecule has 0 saturated heterocycles. The molecule has 4 aromatic heterocycles. The van der Waals surface area contributed by atoms with Gasteiger partial charge in [-0.1, -0.05) is 62.9 Å². The summed E-state index contributed by atoms with van der Waals surface area (Å²) in [5, 5.41) is 2.03. The molecule has 10 heteroatoms. The summed E-state index contributed by atoms with van der Waals surface area (Å²) in [6, 6.07) is 19.9. The summed E-state index contributed by atoms with van der Waals surface area (Å²) in [5.74, 6) is 0. The number of aromatic amines is 1. The standard InChI is InChI=1S/C12H7ClIN3.C12H8IN3O.2CH4/c13-11-10-9(14)6-17(12(10)16-7-15-11)8-4-2-1-3-5-8;13-9-6-16(8-4-2-1-3-5-8)11-10(9)12(17)15-7-14-11;;/h1-7H;1-7H,(H,14,15,17);2*1H4. The van der Waals surface area contributed by atoms with Gasteiger partial charge in [-0.25, -0.2) is 15.0 Å². The predicted octanol–water partition coefficient (Wildman–Crippen LogP) is 7.27. The third-order valence-corrected chi connectivity index (χ3v) is 7.02. The van der Waals surface area contributed by atoms with Crippen molar-refractivity contribution in [1.29, 1.82) is 0 Å². The van der Waals surface area contributed by atoms with Gasteiger partial charge >= 0.3 is 0 Å². The Bertz CT molecular complexity index is 1660. The van der Waals surface area contributed by atoms with Crippen molar-refractivity contribution in [3.05, 3.63) is 108 Å². The van der Waals surface area contributed by atoms with E-state index in [1.165, 1.54) is 12.7 Å². The van der Waals surface area contributed by atoms with Crippen LogP contribution in [0, 0.1) is 7.14 Å². The van der Waals surface area contributed by atoms with Gasteiger partial charge in [-0.15, -0.1) is 0 Å². The second-order valence-electron chi connectivity index (χ2n) is 7.16. The predicted molar refractivity (Wildman–Crippen MR) is 164 cm³/mol.